The topological polar surface area (TPSA) is 40.5 Å². The highest BCUT2D eigenvalue weighted by Crippen LogP contribution is 2.45. The highest BCUT2D eigenvalue weighted by atomic mass is 16.3. The van der Waals surface area contributed by atoms with E-state index in [1.807, 2.05) is 0 Å². The molecule has 1 N–H and O–H groups in total. The highest BCUT2D eigenvalue weighted by molar-refractivity contribution is 5.86. The van der Waals surface area contributed by atoms with Crippen molar-refractivity contribution in [3.63, 3.8) is 0 Å². The van der Waals surface area contributed by atoms with Crippen LogP contribution >= 0.6 is 0 Å². The molecular formula is C11H17NO2. The smallest absolute Gasteiger partial charge is 0.149 e. The average Bonchev–Trinajstić information content (AvgIpc) is 2.86. The lowest BCUT2D eigenvalue weighted by Gasteiger charge is -2.49. The summed E-state index contributed by atoms with van der Waals surface area (Å²) in [6, 6.07) is 0.147. The van der Waals surface area contributed by atoms with Gasteiger partial charge in [-0.1, -0.05) is 0 Å². The third kappa shape index (κ3) is 1.22. The predicted octanol–water partition coefficient (Wildman–Crippen LogP) is 0.565. The molecule has 0 aromatic carbocycles. The minimum atomic E-state index is -0.428. The van der Waals surface area contributed by atoms with E-state index in [2.05, 4.69) is 4.90 Å². The summed E-state index contributed by atoms with van der Waals surface area (Å²) >= 11 is 0. The van der Waals surface area contributed by atoms with Crippen LogP contribution in [0.25, 0.3) is 0 Å². The normalized spacial score (nSPS) is 37.2. The minimum Gasteiger partial charge on any atom is -0.387 e. The Balaban J connectivity index is 1.60. The van der Waals surface area contributed by atoms with Gasteiger partial charge in [-0.2, -0.15) is 0 Å². The van der Waals surface area contributed by atoms with Crippen molar-refractivity contribution in [1.29, 1.82) is 0 Å². The molecule has 0 radical (unpaired) electrons. The summed E-state index contributed by atoms with van der Waals surface area (Å²) in [6.07, 6.45) is 5.18. The third-order valence-corrected chi connectivity index (χ3v) is 4.00. The van der Waals surface area contributed by atoms with E-state index < -0.39 is 5.60 Å². The van der Waals surface area contributed by atoms with Crippen LogP contribution in [0.2, 0.25) is 0 Å². The molecule has 1 saturated heterocycles. The molecule has 1 unspecified atom stereocenters. The summed E-state index contributed by atoms with van der Waals surface area (Å²) in [5.41, 5.74) is -0.428. The van der Waals surface area contributed by atoms with Gasteiger partial charge in [0.15, 0.2) is 0 Å². The highest BCUT2D eigenvalue weighted by Gasteiger charge is 2.54. The molecule has 0 bridgehead atoms. The van der Waals surface area contributed by atoms with E-state index in [1.54, 1.807) is 0 Å². The number of Topliss-reactive ketones (excluding diaryl/α,β-unsaturated/α-hetero) is 1. The van der Waals surface area contributed by atoms with Crippen LogP contribution in [-0.2, 0) is 4.79 Å². The van der Waals surface area contributed by atoms with Gasteiger partial charge in [0.25, 0.3) is 0 Å². The molecule has 1 heterocycles. The van der Waals surface area contributed by atoms with E-state index in [-0.39, 0.29) is 6.04 Å². The van der Waals surface area contributed by atoms with Gasteiger partial charge in [0.2, 0.25) is 0 Å². The summed E-state index contributed by atoms with van der Waals surface area (Å²) in [5, 5.41) is 10.1. The molecule has 2 saturated carbocycles. The fourth-order valence-corrected chi connectivity index (χ4v) is 2.94. The zero-order valence-corrected chi connectivity index (χ0v) is 8.41. The molecule has 3 nitrogen and oxygen atoms in total. The van der Waals surface area contributed by atoms with Crippen LogP contribution in [-0.4, -0.2) is 40.5 Å². The molecule has 0 aromatic rings. The van der Waals surface area contributed by atoms with Gasteiger partial charge in [0.1, 0.15) is 5.78 Å². The van der Waals surface area contributed by atoms with Crippen molar-refractivity contribution in [2.45, 2.75) is 43.7 Å². The Kier molecular flexibility index (Phi) is 1.77. The Morgan fingerprint density at radius 3 is 2.50 bits per heavy atom. The second-order valence-corrected chi connectivity index (χ2v) is 5.16. The quantitative estimate of drug-likeness (QED) is 0.700. The molecule has 0 aromatic heterocycles. The molecule has 3 aliphatic rings. The van der Waals surface area contributed by atoms with E-state index in [1.165, 1.54) is 12.8 Å². The van der Waals surface area contributed by atoms with Crippen LogP contribution in [0.1, 0.15) is 32.1 Å². The zero-order chi connectivity index (χ0) is 9.76. The molecule has 0 spiro atoms. The number of likely N-dealkylation sites (tertiary alicyclic amines) is 1. The van der Waals surface area contributed by atoms with Gasteiger partial charge >= 0.3 is 0 Å². The van der Waals surface area contributed by atoms with Gasteiger partial charge in [0.05, 0.1) is 11.6 Å². The van der Waals surface area contributed by atoms with Crippen LogP contribution in [0.15, 0.2) is 0 Å². The van der Waals surface area contributed by atoms with Crippen LogP contribution in [0.3, 0.4) is 0 Å². The molecule has 78 valence electrons. The summed E-state index contributed by atoms with van der Waals surface area (Å²) in [6.45, 7) is 1.49. The van der Waals surface area contributed by atoms with E-state index in [4.69, 9.17) is 0 Å². The van der Waals surface area contributed by atoms with Crippen molar-refractivity contribution in [3.8, 4) is 0 Å². The molecule has 14 heavy (non-hydrogen) atoms. The maximum absolute atomic E-state index is 11.5. The molecule has 3 rings (SSSR count). The Hall–Kier alpha value is -0.410. The molecule has 0 amide bonds. The SMILES string of the molecule is O=C1CCCC1N1CC(O)(C2CC2)C1. The Morgan fingerprint density at radius 1 is 1.29 bits per heavy atom. The summed E-state index contributed by atoms with van der Waals surface area (Å²) in [4.78, 5) is 13.7. The fourth-order valence-electron chi connectivity index (χ4n) is 2.94. The Morgan fingerprint density at radius 2 is 2.00 bits per heavy atom. The van der Waals surface area contributed by atoms with Crippen molar-refractivity contribution in [1.82, 2.24) is 4.90 Å². The van der Waals surface area contributed by atoms with Gasteiger partial charge in [-0.25, -0.2) is 0 Å². The lowest BCUT2D eigenvalue weighted by Crippen LogP contribution is -2.66. The first-order valence-corrected chi connectivity index (χ1v) is 5.68. The molecule has 3 fully saturated rings. The van der Waals surface area contributed by atoms with E-state index >= 15 is 0 Å². The maximum atomic E-state index is 11.5. The summed E-state index contributed by atoms with van der Waals surface area (Å²) in [5.74, 6) is 0.929. The average molecular weight is 195 g/mol. The van der Waals surface area contributed by atoms with Gasteiger partial charge in [0, 0.05) is 19.5 Å². The lowest BCUT2D eigenvalue weighted by atomic mass is 9.87. The van der Waals surface area contributed by atoms with Crippen molar-refractivity contribution >= 4 is 5.78 Å². The molecular weight excluding hydrogens is 178 g/mol. The fraction of sp³-hybridized carbons (Fsp3) is 0.909. The van der Waals surface area contributed by atoms with Gasteiger partial charge < -0.3 is 5.11 Å². The van der Waals surface area contributed by atoms with Crippen molar-refractivity contribution in [3.05, 3.63) is 0 Å². The predicted molar refractivity (Wildman–Crippen MR) is 51.9 cm³/mol. The van der Waals surface area contributed by atoms with Crippen LogP contribution in [0.5, 0.6) is 0 Å². The Bertz CT molecular complexity index is 266. The number of β-amino-alcohol motifs (C(OH)–C–C–N with tert-alkyl or cyclic N) is 1. The molecule has 1 aliphatic heterocycles. The second-order valence-electron chi connectivity index (χ2n) is 5.16. The van der Waals surface area contributed by atoms with Crippen molar-refractivity contribution < 1.29 is 9.90 Å². The van der Waals surface area contributed by atoms with Crippen LogP contribution in [0.4, 0.5) is 0 Å². The number of ketones is 1. The monoisotopic (exact) mass is 195 g/mol. The maximum Gasteiger partial charge on any atom is 0.149 e. The molecule has 2 aliphatic carbocycles. The zero-order valence-electron chi connectivity index (χ0n) is 8.41. The second kappa shape index (κ2) is 2.80. The van der Waals surface area contributed by atoms with Crippen molar-refractivity contribution in [2.75, 3.05) is 13.1 Å². The number of carbonyl (C=O) groups excluding carboxylic acids is 1. The number of hydrogen-bond donors (Lipinski definition) is 1. The van der Waals surface area contributed by atoms with E-state index in [0.717, 1.165) is 32.4 Å². The van der Waals surface area contributed by atoms with Gasteiger partial charge in [-0.05, 0) is 31.6 Å². The standard InChI is InChI=1S/C11H17NO2/c13-10-3-1-2-9(10)12-6-11(14,7-12)8-4-5-8/h8-9,14H,1-7H2. The number of nitrogens with zero attached hydrogens (tertiary/aromatic N) is 1. The molecule has 3 heteroatoms. The minimum absolute atomic E-state index is 0.147. The van der Waals surface area contributed by atoms with Gasteiger partial charge in [-0.3, -0.25) is 9.69 Å². The third-order valence-electron chi connectivity index (χ3n) is 4.00. The summed E-state index contributed by atoms with van der Waals surface area (Å²) < 4.78 is 0. The first-order chi connectivity index (χ1) is 6.69. The Labute approximate surface area is 84.1 Å². The van der Waals surface area contributed by atoms with E-state index in [0.29, 0.717) is 11.7 Å². The number of hydrogen-bond acceptors (Lipinski definition) is 3. The number of aliphatic hydroxyl groups is 1. The van der Waals surface area contributed by atoms with Crippen LogP contribution < -0.4 is 0 Å². The summed E-state index contributed by atoms with van der Waals surface area (Å²) in [7, 11) is 0. The molecule has 1 atom stereocenters. The van der Waals surface area contributed by atoms with Crippen molar-refractivity contribution in [2.24, 2.45) is 5.92 Å². The van der Waals surface area contributed by atoms with Gasteiger partial charge in [-0.15, -0.1) is 0 Å². The van der Waals surface area contributed by atoms with E-state index in [9.17, 15) is 9.90 Å². The van der Waals surface area contributed by atoms with Crippen LogP contribution in [0, 0.1) is 5.92 Å². The first-order valence-electron chi connectivity index (χ1n) is 5.68. The first kappa shape index (κ1) is 8.86. The largest absolute Gasteiger partial charge is 0.387 e. The lowest BCUT2D eigenvalue weighted by molar-refractivity contribution is -0.144. The number of carbonyl (C=O) groups is 1. The number of rotatable bonds is 2.